The van der Waals surface area contributed by atoms with E-state index >= 15 is 0 Å². The van der Waals surface area contributed by atoms with Crippen LogP contribution in [0.2, 0.25) is 0 Å². The van der Waals surface area contributed by atoms with Gasteiger partial charge in [-0.25, -0.2) is 0 Å². The SMILES string of the molecule is [Ni].[O]=[Zr][PH2]. The van der Waals surface area contributed by atoms with Crippen molar-refractivity contribution in [3.63, 3.8) is 0 Å². The van der Waals surface area contributed by atoms with Gasteiger partial charge in [0.15, 0.2) is 0 Å². The standard InChI is InChI=1S/Ni.O.H2P.Zr/h;;1H2;/q;;-1;+1. The van der Waals surface area contributed by atoms with Crippen LogP contribution in [0.5, 0.6) is 0 Å². The molecule has 0 aromatic rings. The summed E-state index contributed by atoms with van der Waals surface area (Å²) < 4.78 is 9.06. The molecule has 0 N–H and O–H groups in total. The van der Waals surface area contributed by atoms with Crippen molar-refractivity contribution in [1.29, 1.82) is 0 Å². The minimum atomic E-state index is -1.10. The quantitative estimate of drug-likeness (QED) is 0.402. The Labute approximate surface area is 48.3 Å². The Kier molecular flexibility index (Phi) is 20.2. The fourth-order valence-electron chi connectivity index (χ4n) is 0. The van der Waals surface area contributed by atoms with Crippen LogP contribution in [0.1, 0.15) is 0 Å². The molecule has 0 fully saturated rings. The maximum absolute atomic E-state index is 9.06. The van der Waals surface area contributed by atoms with Crippen LogP contribution in [0.4, 0.5) is 0 Å². The average Bonchev–Trinajstić information content (AvgIpc) is 0.918. The molecule has 0 radical (unpaired) electrons. The number of hydrogen-bond acceptors (Lipinski definition) is 1. The van der Waals surface area contributed by atoms with Crippen LogP contribution in [-0.4, -0.2) is 0 Å². The molecule has 1 atom stereocenters. The van der Waals surface area contributed by atoms with Gasteiger partial charge >= 0.3 is 32.0 Å². The van der Waals surface area contributed by atoms with E-state index in [2.05, 4.69) is 6.53 Å². The predicted molar refractivity (Wildman–Crippen MR) is 10.4 cm³/mol. The van der Waals surface area contributed by atoms with Crippen molar-refractivity contribution in [3.8, 4) is 0 Å². The molecule has 0 saturated heterocycles. The summed E-state index contributed by atoms with van der Waals surface area (Å²) in [6, 6.07) is 0. The van der Waals surface area contributed by atoms with Crippen molar-refractivity contribution in [2.24, 2.45) is 0 Å². The molecule has 0 aromatic heterocycles. The summed E-state index contributed by atoms with van der Waals surface area (Å²) in [7, 11) is 0. The molecule has 0 heterocycles. The third-order valence-corrected chi connectivity index (χ3v) is 0. The Balaban J connectivity index is 0. The van der Waals surface area contributed by atoms with Crippen molar-refractivity contribution in [3.05, 3.63) is 0 Å². The third kappa shape index (κ3) is 9.49. The van der Waals surface area contributed by atoms with Crippen LogP contribution < -0.4 is 0 Å². The zero-order valence-electron chi connectivity index (χ0n) is 1.80. The Hall–Kier alpha value is 1.61. The number of rotatable bonds is 0. The molecule has 0 spiro atoms. The van der Waals surface area contributed by atoms with Gasteiger partial charge in [-0.05, 0) is 0 Å². The topological polar surface area (TPSA) is 17.1 Å². The monoisotopic (exact) mass is 197 g/mol. The van der Waals surface area contributed by atoms with Crippen LogP contribution in [0.15, 0.2) is 0 Å². The maximum atomic E-state index is 9.06. The fourth-order valence-corrected chi connectivity index (χ4v) is 0. The Morgan fingerprint density at radius 3 is 1.75 bits per heavy atom. The first-order chi connectivity index (χ1) is 1.41. The summed E-state index contributed by atoms with van der Waals surface area (Å²) in [4.78, 5) is 0. The molecule has 1 nitrogen and oxygen atoms in total. The van der Waals surface area contributed by atoms with E-state index in [0.717, 1.165) is 0 Å². The van der Waals surface area contributed by atoms with Gasteiger partial charge in [0.05, 0.1) is 0 Å². The van der Waals surface area contributed by atoms with Gasteiger partial charge in [0.2, 0.25) is 0 Å². The molecular formula is H2NiOPZr. The van der Waals surface area contributed by atoms with E-state index in [0.29, 0.717) is 0 Å². The molecule has 4 heavy (non-hydrogen) atoms. The van der Waals surface area contributed by atoms with Crippen LogP contribution in [0.3, 0.4) is 0 Å². The Morgan fingerprint density at radius 1 is 1.75 bits per heavy atom. The first kappa shape index (κ1) is 9.15. The summed E-state index contributed by atoms with van der Waals surface area (Å²) in [5.41, 5.74) is 0. The average molecular weight is 199 g/mol. The molecule has 0 aromatic carbocycles. The summed E-state index contributed by atoms with van der Waals surface area (Å²) in [6.07, 6.45) is 0. The van der Waals surface area contributed by atoms with E-state index < -0.39 is 22.7 Å². The molecule has 0 amide bonds. The summed E-state index contributed by atoms with van der Waals surface area (Å²) in [5.74, 6) is 0. The zero-order chi connectivity index (χ0) is 2.71. The Bertz CT molecular complexity index is 15.5. The number of hydrogen-bond donors (Lipinski definition) is 0. The van der Waals surface area contributed by atoms with Gasteiger partial charge in [-0.1, -0.05) is 0 Å². The molecule has 0 saturated carbocycles. The van der Waals surface area contributed by atoms with E-state index in [1.165, 1.54) is 0 Å². The van der Waals surface area contributed by atoms with Gasteiger partial charge in [0.25, 0.3) is 0 Å². The van der Waals surface area contributed by atoms with Crippen molar-refractivity contribution in [2.45, 2.75) is 0 Å². The van der Waals surface area contributed by atoms with Crippen LogP contribution >= 0.6 is 6.53 Å². The molecule has 0 rings (SSSR count). The summed E-state index contributed by atoms with van der Waals surface area (Å²) in [6.45, 7) is 2.19. The second-order valence-electron chi connectivity index (χ2n) is 0.118. The predicted octanol–water partition coefficient (Wildman–Crippen LogP) is 0.202. The molecule has 27 valence electrons. The Morgan fingerprint density at radius 2 is 1.75 bits per heavy atom. The summed E-state index contributed by atoms with van der Waals surface area (Å²) >= 11 is -1.10. The van der Waals surface area contributed by atoms with Gasteiger partial charge in [0.1, 0.15) is 0 Å². The van der Waals surface area contributed by atoms with Crippen molar-refractivity contribution >= 4 is 6.53 Å². The van der Waals surface area contributed by atoms with Gasteiger partial charge in [-0.2, -0.15) is 0 Å². The normalized spacial score (nSPS) is 2.25. The third-order valence-electron chi connectivity index (χ3n) is 0. The van der Waals surface area contributed by atoms with Crippen molar-refractivity contribution in [1.82, 2.24) is 0 Å². The molecular weight excluding hydrogens is 197 g/mol. The minimum absolute atomic E-state index is 0. The molecule has 0 aliphatic carbocycles. The molecule has 0 aliphatic rings. The molecule has 0 bridgehead atoms. The van der Waals surface area contributed by atoms with Crippen molar-refractivity contribution < 1.29 is 42.0 Å². The van der Waals surface area contributed by atoms with E-state index in [1.807, 2.05) is 0 Å². The second-order valence-corrected chi connectivity index (χ2v) is 2.09. The van der Waals surface area contributed by atoms with Gasteiger partial charge in [0, 0.05) is 16.5 Å². The van der Waals surface area contributed by atoms with E-state index in [4.69, 9.17) is 2.81 Å². The van der Waals surface area contributed by atoms with E-state index in [1.54, 1.807) is 0 Å². The van der Waals surface area contributed by atoms with Gasteiger partial charge in [-0.15, -0.1) is 0 Å². The van der Waals surface area contributed by atoms with E-state index in [9.17, 15) is 0 Å². The van der Waals surface area contributed by atoms with E-state index in [-0.39, 0.29) is 16.5 Å². The van der Waals surface area contributed by atoms with Crippen LogP contribution in [0, 0.1) is 0 Å². The molecule has 4 heteroatoms. The van der Waals surface area contributed by atoms with Gasteiger partial charge in [-0.3, -0.25) is 0 Å². The van der Waals surface area contributed by atoms with Crippen molar-refractivity contribution in [2.75, 3.05) is 0 Å². The second kappa shape index (κ2) is 8.82. The fraction of sp³-hybridized carbons (Fsp3) is 0. The first-order valence-electron chi connectivity index (χ1n) is 0.493. The first-order valence-corrected chi connectivity index (χ1v) is 6.33. The van der Waals surface area contributed by atoms with Crippen LogP contribution in [0.25, 0.3) is 0 Å². The summed E-state index contributed by atoms with van der Waals surface area (Å²) in [5, 5.41) is 0. The zero-order valence-corrected chi connectivity index (χ0v) is 6.40. The molecule has 0 aliphatic heterocycles. The van der Waals surface area contributed by atoms with Crippen LogP contribution in [-0.2, 0) is 42.0 Å². The van der Waals surface area contributed by atoms with Gasteiger partial charge < -0.3 is 0 Å². The molecule has 1 unspecified atom stereocenters.